The molecule has 0 fully saturated rings. The minimum atomic E-state index is 0.288. The van der Waals surface area contributed by atoms with Gasteiger partial charge in [0.25, 0.3) is 0 Å². The van der Waals surface area contributed by atoms with E-state index in [0.717, 1.165) is 49.4 Å². The van der Waals surface area contributed by atoms with Gasteiger partial charge in [0.15, 0.2) is 0 Å². The average Bonchev–Trinajstić information content (AvgIpc) is 2.53. The smallest absolute Gasteiger partial charge is 0.119 e. The minimum absolute atomic E-state index is 0.288. The zero-order valence-corrected chi connectivity index (χ0v) is 12.3. The van der Waals surface area contributed by atoms with Gasteiger partial charge in [-0.3, -0.25) is 0 Å². The molecule has 0 atom stereocenters. The predicted molar refractivity (Wildman–Crippen MR) is 87.2 cm³/mol. The molecule has 0 bridgehead atoms. The molecular weight excluding hydrogens is 262 g/mol. The third kappa shape index (κ3) is 5.88. The van der Waals surface area contributed by atoms with E-state index in [1.54, 1.807) is 0 Å². The van der Waals surface area contributed by atoms with Gasteiger partial charge in [0, 0.05) is 18.0 Å². The highest BCUT2D eigenvalue weighted by molar-refractivity contribution is 5.59. The summed E-state index contributed by atoms with van der Waals surface area (Å²) in [5, 5.41) is 12.0. The first-order valence-electron chi connectivity index (χ1n) is 7.54. The third-order valence-corrected chi connectivity index (χ3v) is 3.24. The Morgan fingerprint density at radius 2 is 1.43 bits per heavy atom. The number of para-hydroxylation sites is 1. The first-order chi connectivity index (χ1) is 10.4. The molecular formula is C18H23NO2. The van der Waals surface area contributed by atoms with E-state index in [1.165, 1.54) is 0 Å². The van der Waals surface area contributed by atoms with E-state index in [4.69, 9.17) is 9.84 Å². The lowest BCUT2D eigenvalue weighted by atomic mass is 10.2. The highest BCUT2D eigenvalue weighted by Gasteiger charge is 1.97. The summed E-state index contributed by atoms with van der Waals surface area (Å²) in [6, 6.07) is 18.1. The minimum Gasteiger partial charge on any atom is -0.494 e. The first kappa shape index (κ1) is 15.4. The lowest BCUT2D eigenvalue weighted by Gasteiger charge is -2.09. The van der Waals surface area contributed by atoms with Crippen LogP contribution in [0.2, 0.25) is 0 Å². The van der Waals surface area contributed by atoms with Crippen LogP contribution >= 0.6 is 0 Å². The van der Waals surface area contributed by atoms with Gasteiger partial charge in [-0.15, -0.1) is 0 Å². The highest BCUT2D eigenvalue weighted by atomic mass is 16.5. The van der Waals surface area contributed by atoms with Crippen LogP contribution in [0.1, 0.15) is 25.7 Å². The first-order valence-corrected chi connectivity index (χ1v) is 7.54. The van der Waals surface area contributed by atoms with E-state index in [9.17, 15) is 0 Å². The molecule has 0 saturated carbocycles. The maximum Gasteiger partial charge on any atom is 0.119 e. The van der Waals surface area contributed by atoms with E-state index >= 15 is 0 Å². The second kappa shape index (κ2) is 9.03. The summed E-state index contributed by atoms with van der Waals surface area (Å²) in [5.41, 5.74) is 2.13. The number of rotatable bonds is 9. The Labute approximate surface area is 126 Å². The van der Waals surface area contributed by atoms with E-state index in [0.29, 0.717) is 0 Å². The van der Waals surface area contributed by atoms with Crippen molar-refractivity contribution in [2.45, 2.75) is 25.7 Å². The number of ether oxygens (including phenoxy) is 1. The molecule has 3 heteroatoms. The molecule has 0 aromatic heterocycles. The maximum absolute atomic E-state index is 8.70. The number of unbranched alkanes of at least 4 members (excludes halogenated alkanes) is 3. The summed E-state index contributed by atoms with van der Waals surface area (Å²) in [5.74, 6) is 0.899. The highest BCUT2D eigenvalue weighted by Crippen LogP contribution is 2.20. The van der Waals surface area contributed by atoms with Crippen LogP contribution in [0.5, 0.6) is 5.75 Å². The summed E-state index contributed by atoms with van der Waals surface area (Å²) >= 11 is 0. The predicted octanol–water partition coefficient (Wildman–Crippen LogP) is 4.36. The summed E-state index contributed by atoms with van der Waals surface area (Å²) < 4.78 is 5.70. The zero-order valence-electron chi connectivity index (χ0n) is 12.3. The van der Waals surface area contributed by atoms with Gasteiger partial charge in [0.2, 0.25) is 0 Å². The van der Waals surface area contributed by atoms with Gasteiger partial charge >= 0.3 is 0 Å². The lowest BCUT2D eigenvalue weighted by Crippen LogP contribution is -1.98. The van der Waals surface area contributed by atoms with Crippen molar-refractivity contribution in [3.05, 3.63) is 54.6 Å². The molecule has 2 N–H and O–H groups in total. The SMILES string of the molecule is OCCCCCCOc1ccc(Nc2ccccc2)cc1. The van der Waals surface area contributed by atoms with Gasteiger partial charge in [0.05, 0.1) is 6.61 Å². The van der Waals surface area contributed by atoms with Gasteiger partial charge in [-0.1, -0.05) is 24.6 Å². The number of anilines is 2. The van der Waals surface area contributed by atoms with Crippen LogP contribution in [-0.2, 0) is 0 Å². The summed E-state index contributed by atoms with van der Waals surface area (Å²) in [4.78, 5) is 0. The molecule has 0 amide bonds. The lowest BCUT2D eigenvalue weighted by molar-refractivity contribution is 0.273. The molecule has 0 spiro atoms. The number of benzene rings is 2. The largest absolute Gasteiger partial charge is 0.494 e. The molecule has 0 aliphatic rings. The Balaban J connectivity index is 1.72. The molecule has 0 aliphatic heterocycles. The van der Waals surface area contributed by atoms with Crippen LogP contribution in [0.4, 0.5) is 11.4 Å². The monoisotopic (exact) mass is 285 g/mol. The van der Waals surface area contributed by atoms with Crippen molar-refractivity contribution in [3.8, 4) is 5.75 Å². The Kier molecular flexibility index (Phi) is 6.62. The molecule has 2 rings (SSSR count). The summed E-state index contributed by atoms with van der Waals surface area (Å²) in [6.07, 6.45) is 4.10. The molecule has 112 valence electrons. The summed E-state index contributed by atoms with van der Waals surface area (Å²) in [6.45, 7) is 1.02. The van der Waals surface area contributed by atoms with Crippen LogP contribution in [0.25, 0.3) is 0 Å². The van der Waals surface area contributed by atoms with Crippen molar-refractivity contribution in [1.29, 1.82) is 0 Å². The molecule has 2 aromatic rings. The fourth-order valence-corrected chi connectivity index (χ4v) is 2.08. The fraction of sp³-hybridized carbons (Fsp3) is 0.333. The maximum atomic E-state index is 8.70. The molecule has 0 aliphatic carbocycles. The van der Waals surface area contributed by atoms with Gasteiger partial charge in [-0.25, -0.2) is 0 Å². The number of aliphatic hydroxyl groups is 1. The van der Waals surface area contributed by atoms with Crippen molar-refractivity contribution < 1.29 is 9.84 Å². The van der Waals surface area contributed by atoms with Gasteiger partial charge in [0.1, 0.15) is 5.75 Å². The van der Waals surface area contributed by atoms with E-state index in [1.807, 2.05) is 54.6 Å². The Bertz CT molecular complexity index is 496. The van der Waals surface area contributed by atoms with Crippen LogP contribution < -0.4 is 10.1 Å². The second-order valence-electron chi connectivity index (χ2n) is 5.00. The molecule has 0 saturated heterocycles. The summed E-state index contributed by atoms with van der Waals surface area (Å²) in [7, 11) is 0. The van der Waals surface area contributed by atoms with Crippen LogP contribution in [0.3, 0.4) is 0 Å². The van der Waals surface area contributed by atoms with Crippen LogP contribution in [0.15, 0.2) is 54.6 Å². The van der Waals surface area contributed by atoms with Gasteiger partial charge in [-0.05, 0) is 55.7 Å². The van der Waals surface area contributed by atoms with E-state index in [-0.39, 0.29) is 6.61 Å². The second-order valence-corrected chi connectivity index (χ2v) is 5.00. The standard InChI is InChI=1S/C18H23NO2/c20-14-6-1-2-7-15-21-18-12-10-17(11-13-18)19-16-8-4-3-5-9-16/h3-5,8-13,19-20H,1-2,6-7,14-15H2. The molecule has 3 nitrogen and oxygen atoms in total. The zero-order chi connectivity index (χ0) is 14.8. The molecule has 0 unspecified atom stereocenters. The number of nitrogens with one attached hydrogen (secondary N) is 1. The Hall–Kier alpha value is -2.00. The normalized spacial score (nSPS) is 10.3. The van der Waals surface area contributed by atoms with Crippen molar-refractivity contribution in [2.24, 2.45) is 0 Å². The Morgan fingerprint density at radius 1 is 0.762 bits per heavy atom. The van der Waals surface area contributed by atoms with Crippen LogP contribution in [0, 0.1) is 0 Å². The van der Waals surface area contributed by atoms with Crippen molar-refractivity contribution in [2.75, 3.05) is 18.5 Å². The average molecular weight is 285 g/mol. The van der Waals surface area contributed by atoms with Gasteiger partial charge < -0.3 is 15.2 Å². The van der Waals surface area contributed by atoms with Crippen molar-refractivity contribution in [3.63, 3.8) is 0 Å². The quantitative estimate of drug-likeness (QED) is 0.673. The number of aliphatic hydroxyl groups excluding tert-OH is 1. The fourth-order valence-electron chi connectivity index (χ4n) is 2.08. The van der Waals surface area contributed by atoms with Gasteiger partial charge in [-0.2, -0.15) is 0 Å². The number of hydrogen-bond acceptors (Lipinski definition) is 3. The van der Waals surface area contributed by atoms with E-state index in [2.05, 4.69) is 5.32 Å². The molecule has 0 heterocycles. The molecule has 0 radical (unpaired) electrons. The molecule has 21 heavy (non-hydrogen) atoms. The van der Waals surface area contributed by atoms with Crippen molar-refractivity contribution in [1.82, 2.24) is 0 Å². The topological polar surface area (TPSA) is 41.5 Å². The molecule has 2 aromatic carbocycles. The Morgan fingerprint density at radius 3 is 2.14 bits per heavy atom. The number of hydrogen-bond donors (Lipinski definition) is 2. The van der Waals surface area contributed by atoms with E-state index < -0.39 is 0 Å². The van der Waals surface area contributed by atoms with Crippen LogP contribution in [-0.4, -0.2) is 18.3 Å². The third-order valence-electron chi connectivity index (χ3n) is 3.24. The van der Waals surface area contributed by atoms with Crippen molar-refractivity contribution >= 4 is 11.4 Å².